The van der Waals surface area contributed by atoms with Crippen molar-refractivity contribution in [2.24, 2.45) is 0 Å². The first-order chi connectivity index (χ1) is 12.7. The highest BCUT2D eigenvalue weighted by Crippen LogP contribution is 2.26. The Balaban J connectivity index is 1.56. The quantitative estimate of drug-likeness (QED) is 0.705. The van der Waals surface area contributed by atoms with Crippen LogP contribution in [0.5, 0.6) is 11.5 Å². The molecule has 4 rings (SSSR count). The lowest BCUT2D eigenvalue weighted by molar-refractivity contribution is 0.266. The van der Waals surface area contributed by atoms with Gasteiger partial charge in [-0.3, -0.25) is 14.3 Å². The first-order valence-electron chi connectivity index (χ1n) is 8.60. The number of aromatic nitrogens is 2. The lowest BCUT2D eigenvalue weighted by atomic mass is 10.1. The van der Waals surface area contributed by atoms with Crippen LogP contribution in [0, 0.1) is 0 Å². The second-order valence-electron chi connectivity index (χ2n) is 6.32. The fourth-order valence-electron chi connectivity index (χ4n) is 3.40. The zero-order chi connectivity index (χ0) is 18.1. The SMILES string of the molecule is COc1ccc(CN2CCc3nc4ccsc4c(=O)n3CC2)c(OC)c1. The van der Waals surface area contributed by atoms with E-state index in [1.165, 1.54) is 11.3 Å². The van der Waals surface area contributed by atoms with Gasteiger partial charge in [0.15, 0.2) is 0 Å². The molecule has 1 aliphatic rings. The lowest BCUT2D eigenvalue weighted by Gasteiger charge is -2.21. The summed E-state index contributed by atoms with van der Waals surface area (Å²) >= 11 is 1.47. The molecule has 0 amide bonds. The molecule has 0 atom stereocenters. The molecule has 0 radical (unpaired) electrons. The van der Waals surface area contributed by atoms with Gasteiger partial charge in [-0.25, -0.2) is 4.98 Å². The van der Waals surface area contributed by atoms with Crippen LogP contribution in [-0.4, -0.2) is 41.8 Å². The van der Waals surface area contributed by atoms with Gasteiger partial charge in [-0.1, -0.05) is 6.07 Å². The molecular formula is C19H21N3O3S. The fourth-order valence-corrected chi connectivity index (χ4v) is 4.18. The molecule has 0 saturated carbocycles. The van der Waals surface area contributed by atoms with Crippen LogP contribution in [-0.2, 0) is 19.5 Å². The lowest BCUT2D eigenvalue weighted by Crippen LogP contribution is -2.28. The summed E-state index contributed by atoms with van der Waals surface area (Å²) in [6.07, 6.45) is 0.763. The maximum Gasteiger partial charge on any atom is 0.271 e. The summed E-state index contributed by atoms with van der Waals surface area (Å²) in [5.74, 6) is 2.48. The van der Waals surface area contributed by atoms with Gasteiger partial charge in [0.05, 0.1) is 19.7 Å². The number of methoxy groups -OCH3 is 2. The molecule has 7 heteroatoms. The molecule has 0 spiro atoms. The predicted molar refractivity (Wildman–Crippen MR) is 102 cm³/mol. The van der Waals surface area contributed by atoms with Crippen LogP contribution < -0.4 is 15.0 Å². The minimum Gasteiger partial charge on any atom is -0.497 e. The number of thiophene rings is 1. The van der Waals surface area contributed by atoms with Gasteiger partial charge in [0.2, 0.25) is 0 Å². The van der Waals surface area contributed by atoms with Gasteiger partial charge in [0.1, 0.15) is 22.0 Å². The van der Waals surface area contributed by atoms with Gasteiger partial charge < -0.3 is 9.47 Å². The Kier molecular flexibility index (Phi) is 4.65. The van der Waals surface area contributed by atoms with E-state index in [2.05, 4.69) is 4.90 Å². The summed E-state index contributed by atoms with van der Waals surface area (Å²) in [4.78, 5) is 19.7. The third kappa shape index (κ3) is 3.08. The van der Waals surface area contributed by atoms with Crippen molar-refractivity contribution in [3.05, 3.63) is 51.4 Å². The minimum absolute atomic E-state index is 0.0869. The molecular weight excluding hydrogens is 350 g/mol. The Morgan fingerprint density at radius 2 is 2.04 bits per heavy atom. The number of ether oxygens (including phenoxy) is 2. The highest BCUT2D eigenvalue weighted by atomic mass is 32.1. The number of nitrogens with zero attached hydrogens (tertiary/aromatic N) is 3. The van der Waals surface area contributed by atoms with E-state index in [0.717, 1.165) is 59.2 Å². The number of hydrogen-bond donors (Lipinski definition) is 0. The molecule has 2 aromatic heterocycles. The monoisotopic (exact) mass is 371 g/mol. The standard InChI is InChI=1S/C19H21N3O3S/c1-24-14-4-3-13(16(11-14)25-2)12-21-7-5-17-20-15-6-10-26-18(15)19(23)22(17)9-8-21/h3-4,6,10-11H,5,7-9,12H2,1-2H3. The van der Waals surface area contributed by atoms with E-state index < -0.39 is 0 Å². The highest BCUT2D eigenvalue weighted by molar-refractivity contribution is 7.17. The summed E-state index contributed by atoms with van der Waals surface area (Å²) < 4.78 is 13.4. The molecule has 0 fully saturated rings. The molecule has 1 aromatic carbocycles. The van der Waals surface area contributed by atoms with Crippen molar-refractivity contribution in [3.63, 3.8) is 0 Å². The average Bonchev–Trinajstić information content (AvgIpc) is 3.04. The van der Waals surface area contributed by atoms with Gasteiger partial charge in [-0.05, 0) is 17.5 Å². The first kappa shape index (κ1) is 17.1. The molecule has 3 aromatic rings. The largest absolute Gasteiger partial charge is 0.497 e. The molecule has 3 heterocycles. The Hall–Kier alpha value is -2.38. The first-order valence-corrected chi connectivity index (χ1v) is 9.47. The summed E-state index contributed by atoms with van der Waals surface area (Å²) in [7, 11) is 3.32. The van der Waals surface area contributed by atoms with Crippen molar-refractivity contribution in [2.45, 2.75) is 19.5 Å². The van der Waals surface area contributed by atoms with Crippen LogP contribution in [0.25, 0.3) is 10.2 Å². The fraction of sp³-hybridized carbons (Fsp3) is 0.368. The predicted octanol–water partition coefficient (Wildman–Crippen LogP) is 2.53. The zero-order valence-electron chi connectivity index (χ0n) is 14.9. The summed E-state index contributed by atoms with van der Waals surface area (Å²) in [6, 6.07) is 7.82. The molecule has 0 bridgehead atoms. The van der Waals surface area contributed by atoms with Crippen LogP contribution in [0.3, 0.4) is 0 Å². The molecule has 0 aliphatic carbocycles. The summed E-state index contributed by atoms with van der Waals surface area (Å²) in [5, 5.41) is 1.93. The highest BCUT2D eigenvalue weighted by Gasteiger charge is 2.19. The van der Waals surface area contributed by atoms with Crippen LogP contribution in [0.1, 0.15) is 11.4 Å². The van der Waals surface area contributed by atoms with E-state index >= 15 is 0 Å². The Labute approximate surface area is 155 Å². The molecule has 0 N–H and O–H groups in total. The van der Waals surface area contributed by atoms with Crippen molar-refractivity contribution in [2.75, 3.05) is 27.3 Å². The molecule has 26 heavy (non-hydrogen) atoms. The van der Waals surface area contributed by atoms with E-state index in [0.29, 0.717) is 6.54 Å². The third-order valence-electron chi connectivity index (χ3n) is 4.82. The summed E-state index contributed by atoms with van der Waals surface area (Å²) in [5.41, 5.74) is 2.01. The number of hydrogen-bond acceptors (Lipinski definition) is 6. The smallest absolute Gasteiger partial charge is 0.271 e. The number of benzene rings is 1. The topological polar surface area (TPSA) is 56.6 Å². The second-order valence-corrected chi connectivity index (χ2v) is 7.24. The van der Waals surface area contributed by atoms with E-state index in [-0.39, 0.29) is 5.56 Å². The number of rotatable bonds is 4. The van der Waals surface area contributed by atoms with Crippen molar-refractivity contribution >= 4 is 21.6 Å². The van der Waals surface area contributed by atoms with Gasteiger partial charge in [-0.2, -0.15) is 0 Å². The van der Waals surface area contributed by atoms with E-state index in [4.69, 9.17) is 14.5 Å². The maximum absolute atomic E-state index is 12.7. The normalized spacial score (nSPS) is 14.8. The van der Waals surface area contributed by atoms with Crippen LogP contribution >= 0.6 is 11.3 Å². The van der Waals surface area contributed by atoms with Gasteiger partial charge >= 0.3 is 0 Å². The van der Waals surface area contributed by atoms with E-state index in [1.54, 1.807) is 14.2 Å². The molecule has 136 valence electrons. The van der Waals surface area contributed by atoms with Crippen LogP contribution in [0.2, 0.25) is 0 Å². The summed E-state index contributed by atoms with van der Waals surface area (Å²) in [6.45, 7) is 3.09. The minimum atomic E-state index is 0.0869. The Morgan fingerprint density at radius 3 is 2.85 bits per heavy atom. The Morgan fingerprint density at radius 1 is 1.15 bits per heavy atom. The second kappa shape index (κ2) is 7.09. The van der Waals surface area contributed by atoms with Crippen molar-refractivity contribution in [1.82, 2.24) is 14.5 Å². The van der Waals surface area contributed by atoms with Gasteiger partial charge in [0.25, 0.3) is 5.56 Å². The van der Waals surface area contributed by atoms with Gasteiger partial charge in [0, 0.05) is 44.2 Å². The zero-order valence-corrected chi connectivity index (χ0v) is 15.7. The third-order valence-corrected chi connectivity index (χ3v) is 5.72. The van der Waals surface area contributed by atoms with Crippen molar-refractivity contribution in [3.8, 4) is 11.5 Å². The maximum atomic E-state index is 12.7. The van der Waals surface area contributed by atoms with Crippen molar-refractivity contribution in [1.29, 1.82) is 0 Å². The molecule has 0 unspecified atom stereocenters. The molecule has 6 nitrogen and oxygen atoms in total. The van der Waals surface area contributed by atoms with E-state index in [9.17, 15) is 4.79 Å². The van der Waals surface area contributed by atoms with Crippen LogP contribution in [0.15, 0.2) is 34.4 Å². The molecule has 0 saturated heterocycles. The van der Waals surface area contributed by atoms with Gasteiger partial charge in [-0.15, -0.1) is 11.3 Å². The average molecular weight is 371 g/mol. The van der Waals surface area contributed by atoms with Crippen molar-refractivity contribution < 1.29 is 9.47 Å². The van der Waals surface area contributed by atoms with Crippen LogP contribution in [0.4, 0.5) is 0 Å². The number of fused-ring (bicyclic) bond motifs is 2. The Bertz CT molecular complexity index is 995. The molecule has 1 aliphatic heterocycles. The van der Waals surface area contributed by atoms with E-state index in [1.807, 2.05) is 34.2 Å².